The van der Waals surface area contributed by atoms with E-state index in [1.807, 2.05) is 6.92 Å². The highest BCUT2D eigenvalue weighted by molar-refractivity contribution is 7.10. The molecular formula is C12H20N2OS. The lowest BCUT2D eigenvalue weighted by Crippen LogP contribution is -2.39. The number of ether oxygens (including phenoxy) is 1. The lowest BCUT2D eigenvalue weighted by Gasteiger charge is -2.26. The summed E-state index contributed by atoms with van der Waals surface area (Å²) in [5.74, 6) is 6.39. The molecule has 16 heavy (non-hydrogen) atoms. The molecule has 2 rings (SSSR count). The van der Waals surface area contributed by atoms with Gasteiger partial charge in [-0.15, -0.1) is 11.3 Å². The van der Waals surface area contributed by atoms with Crippen LogP contribution in [-0.2, 0) is 4.74 Å². The van der Waals surface area contributed by atoms with Gasteiger partial charge in [-0.3, -0.25) is 11.3 Å². The zero-order valence-electron chi connectivity index (χ0n) is 9.90. The number of hydrogen-bond acceptors (Lipinski definition) is 4. The van der Waals surface area contributed by atoms with Crippen molar-refractivity contribution in [3.05, 3.63) is 21.9 Å². The molecule has 2 atom stereocenters. The van der Waals surface area contributed by atoms with Crippen LogP contribution in [0.2, 0.25) is 0 Å². The third-order valence-electron chi connectivity index (χ3n) is 3.19. The largest absolute Gasteiger partial charge is 0.376 e. The molecule has 0 saturated heterocycles. The Morgan fingerprint density at radius 3 is 2.81 bits per heavy atom. The smallest absolute Gasteiger partial charge is 0.0811 e. The van der Waals surface area contributed by atoms with E-state index in [4.69, 9.17) is 10.6 Å². The maximum Gasteiger partial charge on any atom is 0.0811 e. The Balaban J connectivity index is 2.16. The van der Waals surface area contributed by atoms with E-state index in [1.54, 1.807) is 11.3 Å². The highest BCUT2D eigenvalue weighted by atomic mass is 32.1. The minimum atomic E-state index is 0.138. The van der Waals surface area contributed by atoms with Gasteiger partial charge in [-0.1, -0.05) is 0 Å². The van der Waals surface area contributed by atoms with Crippen LogP contribution in [0.3, 0.4) is 0 Å². The summed E-state index contributed by atoms with van der Waals surface area (Å²) in [5, 5.41) is 2.12. The Kier molecular flexibility index (Phi) is 3.97. The molecule has 0 radical (unpaired) electrons. The Labute approximate surface area is 101 Å². The van der Waals surface area contributed by atoms with E-state index >= 15 is 0 Å². The first kappa shape index (κ1) is 12.0. The van der Waals surface area contributed by atoms with Crippen molar-refractivity contribution in [2.75, 3.05) is 6.61 Å². The predicted octanol–water partition coefficient (Wildman–Crippen LogP) is 2.38. The third-order valence-corrected chi connectivity index (χ3v) is 4.05. The molecular weight excluding hydrogens is 220 g/mol. The summed E-state index contributed by atoms with van der Waals surface area (Å²) < 4.78 is 5.86. The summed E-state index contributed by atoms with van der Waals surface area (Å²) >= 11 is 1.76. The lowest BCUT2D eigenvalue weighted by atomic mass is 9.99. The van der Waals surface area contributed by atoms with Crippen LogP contribution in [-0.4, -0.2) is 12.7 Å². The Morgan fingerprint density at radius 1 is 1.62 bits per heavy atom. The molecule has 1 heterocycles. The van der Waals surface area contributed by atoms with Crippen molar-refractivity contribution >= 4 is 11.3 Å². The molecule has 1 aromatic heterocycles. The van der Waals surface area contributed by atoms with E-state index in [0.717, 1.165) is 6.61 Å². The number of rotatable bonds is 6. The van der Waals surface area contributed by atoms with E-state index in [2.05, 4.69) is 23.8 Å². The number of aryl methyl sites for hydroxylation is 1. The van der Waals surface area contributed by atoms with Crippen molar-refractivity contribution in [2.24, 2.45) is 11.8 Å². The van der Waals surface area contributed by atoms with Gasteiger partial charge < -0.3 is 4.74 Å². The minimum absolute atomic E-state index is 0.138. The molecule has 0 aromatic carbocycles. The molecule has 1 aliphatic carbocycles. The van der Waals surface area contributed by atoms with Crippen LogP contribution < -0.4 is 11.3 Å². The van der Waals surface area contributed by atoms with E-state index in [0.29, 0.717) is 5.92 Å². The van der Waals surface area contributed by atoms with Crippen molar-refractivity contribution in [2.45, 2.75) is 38.8 Å². The van der Waals surface area contributed by atoms with Gasteiger partial charge in [0.05, 0.1) is 12.1 Å². The summed E-state index contributed by atoms with van der Waals surface area (Å²) in [6.45, 7) is 4.94. The summed E-state index contributed by atoms with van der Waals surface area (Å²) in [6.07, 6.45) is 2.77. The van der Waals surface area contributed by atoms with Crippen molar-refractivity contribution in [1.29, 1.82) is 0 Å². The van der Waals surface area contributed by atoms with Gasteiger partial charge in [-0.2, -0.15) is 0 Å². The molecule has 1 saturated carbocycles. The van der Waals surface area contributed by atoms with Gasteiger partial charge in [0.2, 0.25) is 0 Å². The van der Waals surface area contributed by atoms with Crippen molar-refractivity contribution in [3.63, 3.8) is 0 Å². The fourth-order valence-corrected chi connectivity index (χ4v) is 2.95. The molecule has 1 fully saturated rings. The summed E-state index contributed by atoms with van der Waals surface area (Å²) in [7, 11) is 0. The summed E-state index contributed by atoms with van der Waals surface area (Å²) in [5.41, 5.74) is 4.22. The second-order valence-electron chi connectivity index (χ2n) is 4.33. The highest BCUT2D eigenvalue weighted by Crippen LogP contribution is 2.40. The minimum Gasteiger partial charge on any atom is -0.376 e. The molecule has 0 spiro atoms. The quantitative estimate of drug-likeness (QED) is 0.593. The fraction of sp³-hybridized carbons (Fsp3) is 0.667. The maximum atomic E-state index is 5.86. The zero-order valence-corrected chi connectivity index (χ0v) is 10.7. The topological polar surface area (TPSA) is 47.3 Å². The highest BCUT2D eigenvalue weighted by Gasteiger charge is 2.38. The SMILES string of the molecule is CCOC(C1CC1)C(NN)c1ccsc1C. The van der Waals surface area contributed by atoms with Crippen LogP contribution in [0.4, 0.5) is 0 Å². The molecule has 4 heteroatoms. The second-order valence-corrected chi connectivity index (χ2v) is 5.45. The first-order chi connectivity index (χ1) is 7.77. The van der Waals surface area contributed by atoms with Crippen LogP contribution in [0, 0.1) is 12.8 Å². The van der Waals surface area contributed by atoms with Gasteiger partial charge in [0.15, 0.2) is 0 Å². The average Bonchev–Trinajstić information content (AvgIpc) is 3.03. The van der Waals surface area contributed by atoms with Crippen LogP contribution in [0.25, 0.3) is 0 Å². The number of hydrazine groups is 1. The van der Waals surface area contributed by atoms with E-state index in [1.165, 1.54) is 23.3 Å². The monoisotopic (exact) mass is 240 g/mol. The molecule has 2 unspecified atom stereocenters. The molecule has 3 nitrogen and oxygen atoms in total. The molecule has 0 aliphatic heterocycles. The van der Waals surface area contributed by atoms with E-state index < -0.39 is 0 Å². The van der Waals surface area contributed by atoms with Gasteiger partial charge >= 0.3 is 0 Å². The zero-order chi connectivity index (χ0) is 11.5. The van der Waals surface area contributed by atoms with Gasteiger partial charge in [-0.25, -0.2) is 0 Å². The molecule has 3 N–H and O–H groups in total. The van der Waals surface area contributed by atoms with Crippen LogP contribution in [0.1, 0.15) is 36.2 Å². The summed E-state index contributed by atoms with van der Waals surface area (Å²) in [4.78, 5) is 1.33. The van der Waals surface area contributed by atoms with Gasteiger partial charge in [0.1, 0.15) is 0 Å². The Morgan fingerprint density at radius 2 is 2.38 bits per heavy atom. The fourth-order valence-electron chi connectivity index (χ4n) is 2.20. The van der Waals surface area contributed by atoms with Gasteiger partial charge in [0, 0.05) is 11.5 Å². The van der Waals surface area contributed by atoms with E-state index in [-0.39, 0.29) is 12.1 Å². The number of nitrogens with two attached hydrogens (primary N) is 1. The average molecular weight is 240 g/mol. The maximum absolute atomic E-state index is 5.86. The van der Waals surface area contributed by atoms with Crippen molar-refractivity contribution in [3.8, 4) is 0 Å². The second kappa shape index (κ2) is 5.27. The Bertz CT molecular complexity index is 336. The van der Waals surface area contributed by atoms with Crippen molar-refractivity contribution < 1.29 is 4.74 Å². The van der Waals surface area contributed by atoms with Crippen molar-refractivity contribution in [1.82, 2.24) is 5.43 Å². The molecule has 1 aliphatic rings. The van der Waals surface area contributed by atoms with Crippen LogP contribution >= 0.6 is 11.3 Å². The molecule has 0 bridgehead atoms. The standard InChI is InChI=1S/C12H20N2OS/c1-3-15-12(9-4-5-9)11(14-13)10-6-7-16-8(10)2/h6-7,9,11-12,14H,3-5,13H2,1-2H3. The first-order valence-electron chi connectivity index (χ1n) is 5.89. The van der Waals surface area contributed by atoms with Crippen LogP contribution in [0.15, 0.2) is 11.4 Å². The molecule has 90 valence electrons. The van der Waals surface area contributed by atoms with Crippen LogP contribution in [0.5, 0.6) is 0 Å². The number of hydrogen-bond donors (Lipinski definition) is 2. The number of nitrogens with one attached hydrogen (secondary N) is 1. The normalized spacial score (nSPS) is 19.7. The molecule has 0 amide bonds. The third kappa shape index (κ3) is 2.46. The predicted molar refractivity (Wildman–Crippen MR) is 67.3 cm³/mol. The van der Waals surface area contributed by atoms with E-state index in [9.17, 15) is 0 Å². The number of thiophene rings is 1. The Hall–Kier alpha value is -0.420. The lowest BCUT2D eigenvalue weighted by molar-refractivity contribution is 0.0185. The van der Waals surface area contributed by atoms with Gasteiger partial charge in [0.25, 0.3) is 0 Å². The first-order valence-corrected chi connectivity index (χ1v) is 6.77. The van der Waals surface area contributed by atoms with Gasteiger partial charge in [-0.05, 0) is 49.6 Å². The molecule has 1 aromatic rings. The summed E-state index contributed by atoms with van der Waals surface area (Å²) in [6, 6.07) is 2.29.